The summed E-state index contributed by atoms with van der Waals surface area (Å²) in [5.41, 5.74) is 8.04. The molecule has 7 heteroatoms. The molecule has 6 nitrogen and oxygen atoms in total. The number of aryl methyl sites for hydroxylation is 1. The van der Waals surface area contributed by atoms with Crippen molar-refractivity contribution in [1.82, 2.24) is 9.97 Å². The molecule has 2 heterocycles. The molecule has 0 spiro atoms. The van der Waals surface area contributed by atoms with Crippen molar-refractivity contribution in [3.05, 3.63) is 76.6 Å². The summed E-state index contributed by atoms with van der Waals surface area (Å²) in [6.45, 7) is 3.76. The van der Waals surface area contributed by atoms with E-state index in [1.165, 1.54) is 6.20 Å². The Hall–Kier alpha value is -3.12. The molecule has 0 saturated heterocycles. The van der Waals surface area contributed by atoms with Crippen LogP contribution in [0.2, 0.25) is 5.02 Å². The highest BCUT2D eigenvalue weighted by atomic mass is 35.5. The first-order valence-corrected chi connectivity index (χ1v) is 8.73. The van der Waals surface area contributed by atoms with Crippen LogP contribution in [-0.4, -0.2) is 15.9 Å². The average molecular weight is 383 g/mol. The number of nitrogens with zero attached hydrogens (tertiary/aromatic N) is 2. The zero-order valence-corrected chi connectivity index (χ0v) is 15.7. The Labute approximate surface area is 162 Å². The Bertz CT molecular complexity index is 978. The number of carbonyl (C=O) groups is 1. The highest BCUT2D eigenvalue weighted by Gasteiger charge is 2.14. The van der Waals surface area contributed by atoms with Crippen molar-refractivity contribution in [1.29, 1.82) is 0 Å². The van der Waals surface area contributed by atoms with E-state index in [1.807, 2.05) is 32.0 Å². The summed E-state index contributed by atoms with van der Waals surface area (Å²) in [4.78, 5) is 20.8. The molecular weight excluding hydrogens is 364 g/mol. The third kappa shape index (κ3) is 4.74. The Morgan fingerprint density at radius 2 is 2.00 bits per heavy atom. The van der Waals surface area contributed by atoms with Crippen LogP contribution in [-0.2, 0) is 0 Å². The number of ether oxygens (including phenoxy) is 1. The second-order valence-electron chi connectivity index (χ2n) is 6.07. The largest absolute Gasteiger partial charge is 0.480 e. The van der Waals surface area contributed by atoms with Gasteiger partial charge in [-0.1, -0.05) is 35.4 Å². The Balaban J connectivity index is 1.74. The number of nitrogens with one attached hydrogen (secondary N) is 1. The molecule has 0 aliphatic carbocycles. The summed E-state index contributed by atoms with van der Waals surface area (Å²) < 4.78 is 5.83. The number of amides is 1. The number of nitrogens with two attached hydrogens (primary N) is 1. The minimum atomic E-state index is -0.414. The van der Waals surface area contributed by atoms with Crippen molar-refractivity contribution < 1.29 is 9.53 Å². The molecule has 3 N–H and O–H groups in total. The number of carbonyl (C=O) groups excluding carboxylic acids is 1. The van der Waals surface area contributed by atoms with Crippen molar-refractivity contribution >= 4 is 29.1 Å². The van der Waals surface area contributed by atoms with Gasteiger partial charge in [0.2, 0.25) is 0 Å². The zero-order valence-electron chi connectivity index (χ0n) is 14.9. The second-order valence-corrected chi connectivity index (χ2v) is 6.50. The third-order valence-electron chi connectivity index (χ3n) is 3.86. The molecule has 1 amide bonds. The van der Waals surface area contributed by atoms with Gasteiger partial charge in [-0.3, -0.25) is 4.79 Å². The van der Waals surface area contributed by atoms with Crippen LogP contribution in [0.15, 0.2) is 54.7 Å². The molecule has 0 saturated carbocycles. The number of nitrogen functional groups attached to an aromatic ring is 1. The number of hydrogen-bond donors (Lipinski definition) is 2. The minimum Gasteiger partial charge on any atom is -0.480 e. The van der Waals surface area contributed by atoms with E-state index < -0.39 is 6.10 Å². The lowest BCUT2D eigenvalue weighted by Gasteiger charge is -2.16. The van der Waals surface area contributed by atoms with Crippen LogP contribution in [0.5, 0.6) is 5.75 Å². The summed E-state index contributed by atoms with van der Waals surface area (Å²) in [6.07, 6.45) is 1.04. The monoisotopic (exact) mass is 382 g/mol. The zero-order chi connectivity index (χ0) is 19.4. The van der Waals surface area contributed by atoms with Crippen molar-refractivity contribution in [2.45, 2.75) is 20.0 Å². The SMILES string of the molecule is Cc1cccc(C(=O)Nc2cccc(C(C)Oc3cc(Cl)cnc3N)n2)c1. The molecule has 1 atom stereocenters. The number of aromatic nitrogens is 2. The van der Waals surface area contributed by atoms with Gasteiger partial charge in [0.1, 0.15) is 11.9 Å². The predicted octanol–water partition coefficient (Wildman–Crippen LogP) is 4.41. The van der Waals surface area contributed by atoms with Gasteiger partial charge in [0, 0.05) is 17.8 Å². The second kappa shape index (κ2) is 8.05. The lowest BCUT2D eigenvalue weighted by Crippen LogP contribution is -2.14. The summed E-state index contributed by atoms with van der Waals surface area (Å²) >= 11 is 5.94. The molecule has 3 rings (SSSR count). The van der Waals surface area contributed by atoms with Crippen LogP contribution in [0.25, 0.3) is 0 Å². The maximum atomic E-state index is 12.4. The summed E-state index contributed by atoms with van der Waals surface area (Å²) in [5.74, 6) is 0.841. The first-order valence-electron chi connectivity index (χ1n) is 8.35. The van der Waals surface area contributed by atoms with E-state index in [2.05, 4.69) is 15.3 Å². The van der Waals surface area contributed by atoms with E-state index in [-0.39, 0.29) is 11.7 Å². The first-order chi connectivity index (χ1) is 12.9. The topological polar surface area (TPSA) is 90.1 Å². The molecule has 1 unspecified atom stereocenters. The quantitative estimate of drug-likeness (QED) is 0.682. The molecule has 3 aromatic rings. The molecule has 1 aromatic carbocycles. The van der Waals surface area contributed by atoms with Crippen molar-refractivity contribution in [2.75, 3.05) is 11.1 Å². The first kappa shape index (κ1) is 18.7. The van der Waals surface area contributed by atoms with E-state index in [1.54, 1.807) is 30.3 Å². The molecule has 0 fully saturated rings. The van der Waals surface area contributed by atoms with Crippen LogP contribution >= 0.6 is 11.6 Å². The van der Waals surface area contributed by atoms with E-state index in [4.69, 9.17) is 22.1 Å². The molecule has 0 aliphatic heterocycles. The molecule has 0 bridgehead atoms. The highest BCUT2D eigenvalue weighted by molar-refractivity contribution is 6.30. The fraction of sp³-hybridized carbons (Fsp3) is 0.150. The van der Waals surface area contributed by atoms with Crippen LogP contribution in [0.1, 0.15) is 34.6 Å². The molecule has 0 radical (unpaired) electrons. The maximum Gasteiger partial charge on any atom is 0.256 e. The van der Waals surface area contributed by atoms with E-state index in [0.29, 0.717) is 27.8 Å². The van der Waals surface area contributed by atoms with Gasteiger partial charge in [0.25, 0.3) is 5.91 Å². The number of halogens is 1. The smallest absolute Gasteiger partial charge is 0.256 e. The number of benzene rings is 1. The van der Waals surface area contributed by atoms with E-state index in [0.717, 1.165) is 5.56 Å². The lowest BCUT2D eigenvalue weighted by molar-refractivity contribution is 0.102. The van der Waals surface area contributed by atoms with Crippen molar-refractivity contribution in [2.24, 2.45) is 0 Å². The Morgan fingerprint density at radius 1 is 1.22 bits per heavy atom. The van der Waals surface area contributed by atoms with E-state index in [9.17, 15) is 4.79 Å². The average Bonchev–Trinajstić information content (AvgIpc) is 2.65. The van der Waals surface area contributed by atoms with Gasteiger partial charge in [-0.15, -0.1) is 0 Å². The van der Waals surface area contributed by atoms with Gasteiger partial charge in [0.05, 0.1) is 10.7 Å². The summed E-state index contributed by atoms with van der Waals surface area (Å²) in [7, 11) is 0. The van der Waals surface area contributed by atoms with E-state index >= 15 is 0 Å². The van der Waals surface area contributed by atoms with Crippen LogP contribution < -0.4 is 15.8 Å². The Morgan fingerprint density at radius 3 is 2.78 bits per heavy atom. The molecule has 27 heavy (non-hydrogen) atoms. The minimum absolute atomic E-state index is 0.222. The fourth-order valence-electron chi connectivity index (χ4n) is 2.50. The number of rotatable bonds is 5. The lowest BCUT2D eigenvalue weighted by atomic mass is 10.1. The van der Waals surface area contributed by atoms with Gasteiger partial charge in [-0.2, -0.15) is 0 Å². The van der Waals surface area contributed by atoms with Crippen LogP contribution in [0, 0.1) is 6.92 Å². The van der Waals surface area contributed by atoms with Crippen molar-refractivity contribution in [3.63, 3.8) is 0 Å². The van der Waals surface area contributed by atoms with Crippen LogP contribution in [0.4, 0.5) is 11.6 Å². The highest BCUT2D eigenvalue weighted by Crippen LogP contribution is 2.28. The summed E-state index contributed by atoms with van der Waals surface area (Å²) in [6, 6.07) is 14.3. The summed E-state index contributed by atoms with van der Waals surface area (Å²) in [5, 5.41) is 3.23. The third-order valence-corrected chi connectivity index (χ3v) is 4.07. The number of anilines is 2. The molecule has 138 valence electrons. The maximum absolute atomic E-state index is 12.4. The molecule has 0 aliphatic rings. The van der Waals surface area contributed by atoms with Gasteiger partial charge < -0.3 is 15.8 Å². The number of pyridine rings is 2. The van der Waals surface area contributed by atoms with Crippen LogP contribution in [0.3, 0.4) is 0 Å². The molecule has 2 aromatic heterocycles. The van der Waals surface area contributed by atoms with Gasteiger partial charge >= 0.3 is 0 Å². The van der Waals surface area contributed by atoms with Crippen molar-refractivity contribution in [3.8, 4) is 5.75 Å². The number of hydrogen-bond acceptors (Lipinski definition) is 5. The van der Waals surface area contributed by atoms with Gasteiger partial charge in [-0.25, -0.2) is 9.97 Å². The standard InChI is InChI=1S/C20H19ClN4O2/c1-12-5-3-6-14(9-12)20(26)25-18-8-4-7-16(24-18)13(2)27-17-10-15(21)11-23-19(17)22/h3-11,13H,1-2H3,(H2,22,23)(H,24,25,26). The Kier molecular flexibility index (Phi) is 5.57. The normalized spacial score (nSPS) is 11.7. The fourth-order valence-corrected chi connectivity index (χ4v) is 2.65. The predicted molar refractivity (Wildman–Crippen MR) is 106 cm³/mol. The van der Waals surface area contributed by atoms with Gasteiger partial charge in [0.15, 0.2) is 11.6 Å². The van der Waals surface area contributed by atoms with Gasteiger partial charge in [-0.05, 0) is 38.1 Å². The molecular formula is C20H19ClN4O2.